The lowest BCUT2D eigenvalue weighted by Gasteiger charge is -2.29. The maximum atomic E-state index is 11.9. The lowest BCUT2D eigenvalue weighted by molar-refractivity contribution is 0.172. The van der Waals surface area contributed by atoms with Crippen molar-refractivity contribution in [3.8, 4) is 0 Å². The molecule has 1 aliphatic heterocycles. The summed E-state index contributed by atoms with van der Waals surface area (Å²) in [6.07, 6.45) is 3.36. The Morgan fingerprint density at radius 1 is 1.50 bits per heavy atom. The Kier molecular flexibility index (Phi) is 3.78. The first-order valence-electron chi connectivity index (χ1n) is 5.65. The number of carbonyl (C=O) groups excluding carboxylic acids is 1. The van der Waals surface area contributed by atoms with Gasteiger partial charge in [-0.2, -0.15) is 0 Å². The first-order valence-corrected chi connectivity index (χ1v) is 5.65. The Balaban J connectivity index is 2.59. The van der Waals surface area contributed by atoms with Gasteiger partial charge in [-0.3, -0.25) is 0 Å². The second-order valence-electron chi connectivity index (χ2n) is 4.50. The van der Waals surface area contributed by atoms with E-state index in [-0.39, 0.29) is 12.1 Å². The standard InChI is InChI=1S/C11H22N2O/c1-5-10-7-6-9(4)13(10)11(14)12-8(2)3/h8-10H,5-7H2,1-4H3,(H,12,14). The predicted octanol–water partition coefficient (Wildman–Crippen LogP) is 2.37. The van der Waals surface area contributed by atoms with Gasteiger partial charge < -0.3 is 10.2 Å². The second-order valence-corrected chi connectivity index (χ2v) is 4.50. The van der Waals surface area contributed by atoms with E-state index < -0.39 is 0 Å². The number of amides is 2. The van der Waals surface area contributed by atoms with Crippen molar-refractivity contribution in [2.24, 2.45) is 0 Å². The summed E-state index contributed by atoms with van der Waals surface area (Å²) in [5.74, 6) is 0. The van der Waals surface area contributed by atoms with Crippen molar-refractivity contribution in [1.29, 1.82) is 0 Å². The number of likely N-dealkylation sites (tertiary alicyclic amines) is 1. The summed E-state index contributed by atoms with van der Waals surface area (Å²) in [4.78, 5) is 13.9. The number of nitrogens with one attached hydrogen (secondary N) is 1. The SMILES string of the molecule is CCC1CCC(C)N1C(=O)NC(C)C. The highest BCUT2D eigenvalue weighted by molar-refractivity contribution is 5.75. The number of rotatable bonds is 2. The van der Waals surface area contributed by atoms with Crippen LogP contribution in [0, 0.1) is 0 Å². The first-order chi connectivity index (χ1) is 6.56. The van der Waals surface area contributed by atoms with Crippen LogP contribution in [0.1, 0.15) is 47.0 Å². The summed E-state index contributed by atoms with van der Waals surface area (Å²) in [5.41, 5.74) is 0. The fourth-order valence-corrected chi connectivity index (χ4v) is 2.16. The Morgan fingerprint density at radius 2 is 2.14 bits per heavy atom. The third-order valence-corrected chi connectivity index (χ3v) is 2.90. The molecule has 0 aromatic carbocycles. The van der Waals surface area contributed by atoms with Crippen LogP contribution in [0.4, 0.5) is 4.79 Å². The van der Waals surface area contributed by atoms with Crippen molar-refractivity contribution in [3.05, 3.63) is 0 Å². The molecule has 2 unspecified atom stereocenters. The van der Waals surface area contributed by atoms with Crippen LogP contribution in [0.2, 0.25) is 0 Å². The zero-order valence-corrected chi connectivity index (χ0v) is 9.71. The molecular weight excluding hydrogens is 176 g/mol. The summed E-state index contributed by atoms with van der Waals surface area (Å²) in [6.45, 7) is 8.28. The highest BCUT2D eigenvalue weighted by Gasteiger charge is 2.32. The molecule has 2 amide bonds. The minimum absolute atomic E-state index is 0.108. The zero-order valence-electron chi connectivity index (χ0n) is 9.71. The Labute approximate surface area is 86.9 Å². The molecule has 3 heteroatoms. The van der Waals surface area contributed by atoms with Gasteiger partial charge in [0, 0.05) is 18.1 Å². The molecule has 0 radical (unpaired) electrons. The Morgan fingerprint density at radius 3 is 2.64 bits per heavy atom. The van der Waals surface area contributed by atoms with Crippen LogP contribution < -0.4 is 5.32 Å². The zero-order chi connectivity index (χ0) is 10.7. The maximum absolute atomic E-state index is 11.9. The molecule has 1 fully saturated rings. The molecule has 1 saturated heterocycles. The number of carbonyl (C=O) groups is 1. The van der Waals surface area contributed by atoms with Gasteiger partial charge in [0.15, 0.2) is 0 Å². The average molecular weight is 198 g/mol. The van der Waals surface area contributed by atoms with Crippen LogP contribution in [0.15, 0.2) is 0 Å². The van der Waals surface area contributed by atoms with E-state index in [9.17, 15) is 4.79 Å². The van der Waals surface area contributed by atoms with E-state index in [0.29, 0.717) is 12.1 Å². The average Bonchev–Trinajstić information content (AvgIpc) is 2.45. The smallest absolute Gasteiger partial charge is 0.318 e. The largest absolute Gasteiger partial charge is 0.336 e. The van der Waals surface area contributed by atoms with E-state index in [0.717, 1.165) is 19.3 Å². The predicted molar refractivity (Wildman–Crippen MR) is 58.3 cm³/mol. The summed E-state index contributed by atoms with van der Waals surface area (Å²) < 4.78 is 0. The molecule has 2 atom stereocenters. The molecule has 1 N–H and O–H groups in total. The highest BCUT2D eigenvalue weighted by atomic mass is 16.2. The van der Waals surface area contributed by atoms with Crippen LogP contribution in [-0.4, -0.2) is 29.1 Å². The van der Waals surface area contributed by atoms with Crippen LogP contribution >= 0.6 is 0 Å². The van der Waals surface area contributed by atoms with E-state index in [2.05, 4.69) is 19.2 Å². The highest BCUT2D eigenvalue weighted by Crippen LogP contribution is 2.25. The number of hydrogen-bond donors (Lipinski definition) is 1. The second kappa shape index (κ2) is 4.67. The van der Waals surface area contributed by atoms with Crippen LogP contribution in [-0.2, 0) is 0 Å². The molecule has 0 bridgehead atoms. The fraction of sp³-hybridized carbons (Fsp3) is 0.909. The van der Waals surface area contributed by atoms with Crippen molar-refractivity contribution < 1.29 is 4.79 Å². The van der Waals surface area contributed by atoms with Crippen LogP contribution in [0.25, 0.3) is 0 Å². The van der Waals surface area contributed by atoms with Gasteiger partial charge >= 0.3 is 6.03 Å². The van der Waals surface area contributed by atoms with Crippen molar-refractivity contribution in [3.63, 3.8) is 0 Å². The van der Waals surface area contributed by atoms with E-state index in [1.54, 1.807) is 0 Å². The molecule has 0 aliphatic carbocycles. The molecule has 3 nitrogen and oxygen atoms in total. The molecular formula is C11H22N2O. The Bertz CT molecular complexity index is 203. The van der Waals surface area contributed by atoms with Crippen molar-refractivity contribution in [2.45, 2.75) is 65.1 Å². The monoisotopic (exact) mass is 198 g/mol. The van der Waals surface area contributed by atoms with Gasteiger partial charge in [0.25, 0.3) is 0 Å². The van der Waals surface area contributed by atoms with Gasteiger partial charge in [-0.15, -0.1) is 0 Å². The van der Waals surface area contributed by atoms with Crippen LogP contribution in [0.5, 0.6) is 0 Å². The van der Waals surface area contributed by atoms with Crippen molar-refractivity contribution >= 4 is 6.03 Å². The number of hydrogen-bond acceptors (Lipinski definition) is 1. The van der Waals surface area contributed by atoms with Gasteiger partial charge in [0.05, 0.1) is 0 Å². The van der Waals surface area contributed by atoms with Gasteiger partial charge in [-0.05, 0) is 40.0 Å². The molecule has 0 saturated carbocycles. The van der Waals surface area contributed by atoms with Gasteiger partial charge in [0.2, 0.25) is 0 Å². The normalized spacial score (nSPS) is 27.1. The number of nitrogens with zero attached hydrogens (tertiary/aromatic N) is 1. The quantitative estimate of drug-likeness (QED) is 0.726. The summed E-state index contributed by atoms with van der Waals surface area (Å²) in [7, 11) is 0. The third kappa shape index (κ3) is 2.40. The summed E-state index contributed by atoms with van der Waals surface area (Å²) in [6, 6.07) is 1.19. The minimum Gasteiger partial charge on any atom is -0.336 e. The van der Waals surface area contributed by atoms with Crippen LogP contribution in [0.3, 0.4) is 0 Å². The molecule has 1 aliphatic rings. The van der Waals surface area contributed by atoms with Gasteiger partial charge in [-0.25, -0.2) is 4.79 Å². The fourth-order valence-electron chi connectivity index (χ4n) is 2.16. The van der Waals surface area contributed by atoms with Crippen molar-refractivity contribution in [1.82, 2.24) is 10.2 Å². The summed E-state index contributed by atoms with van der Waals surface area (Å²) in [5, 5.41) is 2.97. The molecule has 82 valence electrons. The summed E-state index contributed by atoms with van der Waals surface area (Å²) >= 11 is 0. The van der Waals surface area contributed by atoms with Gasteiger partial charge in [0.1, 0.15) is 0 Å². The third-order valence-electron chi connectivity index (χ3n) is 2.90. The van der Waals surface area contributed by atoms with E-state index >= 15 is 0 Å². The molecule has 0 aromatic heterocycles. The minimum atomic E-state index is 0.108. The Hall–Kier alpha value is -0.730. The molecule has 0 aromatic rings. The van der Waals surface area contributed by atoms with E-state index in [1.807, 2.05) is 18.7 Å². The lowest BCUT2D eigenvalue weighted by Crippen LogP contribution is -2.47. The molecule has 1 heterocycles. The van der Waals surface area contributed by atoms with E-state index in [1.165, 1.54) is 0 Å². The number of urea groups is 1. The molecule has 14 heavy (non-hydrogen) atoms. The van der Waals surface area contributed by atoms with Gasteiger partial charge in [-0.1, -0.05) is 6.92 Å². The topological polar surface area (TPSA) is 32.3 Å². The van der Waals surface area contributed by atoms with Crippen molar-refractivity contribution in [2.75, 3.05) is 0 Å². The van der Waals surface area contributed by atoms with E-state index in [4.69, 9.17) is 0 Å². The maximum Gasteiger partial charge on any atom is 0.318 e. The molecule has 0 spiro atoms. The first kappa shape index (κ1) is 11.3. The lowest BCUT2D eigenvalue weighted by atomic mass is 10.2. The molecule has 1 rings (SSSR count).